The maximum absolute atomic E-state index is 5.98. The van der Waals surface area contributed by atoms with E-state index in [1.165, 1.54) is 16.7 Å². The summed E-state index contributed by atoms with van der Waals surface area (Å²) in [5.41, 5.74) is 6.18. The standard InChI is InChI=1S/C22H26N2O/c1-22(2,3)19-14-25-21(24-19)20-17-10-8-15-4-6-16(7-5-15)9-12-18(23-20)13-11-17/h4-7,11,13,19H,8-10,12,14H2,1-3H3/t19-/m0/s1. The first kappa shape index (κ1) is 16.3. The van der Waals surface area contributed by atoms with Gasteiger partial charge < -0.3 is 4.74 Å². The van der Waals surface area contributed by atoms with E-state index in [9.17, 15) is 0 Å². The Labute approximate surface area is 150 Å². The monoisotopic (exact) mass is 334 g/mol. The number of aryl methyl sites for hydroxylation is 4. The fourth-order valence-electron chi connectivity index (χ4n) is 3.43. The maximum Gasteiger partial charge on any atom is 0.236 e. The van der Waals surface area contributed by atoms with Crippen molar-refractivity contribution in [3.63, 3.8) is 0 Å². The summed E-state index contributed by atoms with van der Waals surface area (Å²) in [7, 11) is 0. The molecule has 3 nitrogen and oxygen atoms in total. The van der Waals surface area contributed by atoms with E-state index in [0.29, 0.717) is 6.61 Å². The first-order chi connectivity index (χ1) is 12.0. The molecular weight excluding hydrogens is 308 g/mol. The number of ether oxygens (including phenoxy) is 1. The van der Waals surface area contributed by atoms with Crippen LogP contribution in [-0.2, 0) is 30.4 Å². The molecule has 0 radical (unpaired) electrons. The number of aliphatic imine (C=N–C) groups is 1. The summed E-state index contributed by atoms with van der Waals surface area (Å²) >= 11 is 0. The van der Waals surface area contributed by atoms with Crippen LogP contribution in [0.5, 0.6) is 0 Å². The molecule has 2 aromatic rings. The van der Waals surface area contributed by atoms with Crippen molar-refractivity contribution < 1.29 is 4.74 Å². The van der Waals surface area contributed by atoms with Crippen LogP contribution in [0, 0.1) is 5.41 Å². The highest BCUT2D eigenvalue weighted by molar-refractivity contribution is 5.94. The van der Waals surface area contributed by atoms with Crippen LogP contribution in [0.4, 0.5) is 0 Å². The third kappa shape index (κ3) is 3.46. The minimum Gasteiger partial charge on any atom is -0.474 e. The summed E-state index contributed by atoms with van der Waals surface area (Å²) in [6.07, 6.45) is 3.95. The molecule has 0 amide bonds. The highest BCUT2D eigenvalue weighted by atomic mass is 16.5. The smallest absolute Gasteiger partial charge is 0.236 e. The first-order valence-corrected chi connectivity index (χ1v) is 9.27. The Kier molecular flexibility index (Phi) is 4.10. The van der Waals surface area contributed by atoms with Crippen LogP contribution >= 0.6 is 0 Å². The molecule has 1 atom stereocenters. The zero-order valence-corrected chi connectivity index (χ0v) is 15.4. The zero-order valence-electron chi connectivity index (χ0n) is 15.4. The van der Waals surface area contributed by atoms with Crippen molar-refractivity contribution in [3.05, 3.63) is 64.5 Å². The Morgan fingerprint density at radius 2 is 1.56 bits per heavy atom. The molecule has 0 unspecified atom stereocenters. The van der Waals surface area contributed by atoms with E-state index in [1.54, 1.807) is 0 Å². The number of nitrogens with zero attached hydrogens (tertiary/aromatic N) is 2. The predicted octanol–water partition coefficient (Wildman–Crippen LogP) is 4.16. The summed E-state index contributed by atoms with van der Waals surface area (Å²) < 4.78 is 5.98. The lowest BCUT2D eigenvalue weighted by Crippen LogP contribution is -2.25. The van der Waals surface area contributed by atoms with Gasteiger partial charge in [-0.2, -0.15) is 0 Å². The Balaban J connectivity index is 1.70. The normalized spacial score (nSPS) is 20.0. The van der Waals surface area contributed by atoms with Crippen molar-refractivity contribution in [3.8, 4) is 0 Å². The molecule has 3 heteroatoms. The van der Waals surface area contributed by atoms with Crippen LogP contribution in [0.15, 0.2) is 41.4 Å². The number of aromatic nitrogens is 1. The molecule has 1 aromatic heterocycles. The Morgan fingerprint density at radius 3 is 2.20 bits per heavy atom. The van der Waals surface area contributed by atoms with Crippen molar-refractivity contribution in [2.24, 2.45) is 10.4 Å². The SMILES string of the molecule is CC(C)(C)[C@@H]1COC(c2nc3ccc2CCc2ccc(cc2)CC3)=N1. The summed E-state index contributed by atoms with van der Waals surface area (Å²) in [5.74, 6) is 0.739. The van der Waals surface area contributed by atoms with Gasteiger partial charge in [-0.3, -0.25) is 0 Å². The second-order valence-corrected chi connectivity index (χ2v) is 8.25. The molecule has 0 saturated carbocycles. The Morgan fingerprint density at radius 1 is 0.880 bits per heavy atom. The average Bonchev–Trinajstić information content (AvgIpc) is 3.07. The highest BCUT2D eigenvalue weighted by Crippen LogP contribution is 2.28. The minimum atomic E-state index is 0.113. The van der Waals surface area contributed by atoms with Gasteiger partial charge in [0.25, 0.3) is 0 Å². The fourth-order valence-corrected chi connectivity index (χ4v) is 3.43. The molecular formula is C22H26N2O. The molecule has 0 saturated heterocycles. The molecule has 3 aliphatic heterocycles. The Hall–Kier alpha value is -2.16. The van der Waals surface area contributed by atoms with Crippen molar-refractivity contribution in [2.75, 3.05) is 6.61 Å². The van der Waals surface area contributed by atoms with Crippen molar-refractivity contribution in [1.82, 2.24) is 4.98 Å². The fraction of sp³-hybridized carbons (Fsp3) is 0.455. The molecule has 7 rings (SSSR count). The molecule has 0 fully saturated rings. The van der Waals surface area contributed by atoms with E-state index in [-0.39, 0.29) is 11.5 Å². The van der Waals surface area contributed by atoms with Gasteiger partial charge in [-0.15, -0.1) is 0 Å². The third-order valence-corrected chi connectivity index (χ3v) is 5.27. The second kappa shape index (κ2) is 6.29. The number of benzene rings is 1. The maximum atomic E-state index is 5.98. The lowest BCUT2D eigenvalue weighted by molar-refractivity contribution is 0.235. The number of hydrogen-bond acceptors (Lipinski definition) is 3. The van der Waals surface area contributed by atoms with Gasteiger partial charge in [0.15, 0.2) is 0 Å². The highest BCUT2D eigenvalue weighted by Gasteiger charge is 2.32. The van der Waals surface area contributed by atoms with Crippen LogP contribution in [0.2, 0.25) is 0 Å². The molecule has 1 aromatic carbocycles. The second-order valence-electron chi connectivity index (χ2n) is 8.25. The van der Waals surface area contributed by atoms with Crippen LogP contribution in [-0.4, -0.2) is 23.5 Å². The van der Waals surface area contributed by atoms with Gasteiger partial charge in [0, 0.05) is 5.69 Å². The summed E-state index contributed by atoms with van der Waals surface area (Å²) in [4.78, 5) is 9.82. The molecule has 130 valence electrons. The molecule has 0 N–H and O–H groups in total. The predicted molar refractivity (Wildman–Crippen MR) is 101 cm³/mol. The number of rotatable bonds is 1. The van der Waals surface area contributed by atoms with Crippen molar-refractivity contribution in [2.45, 2.75) is 52.5 Å². The van der Waals surface area contributed by atoms with Gasteiger partial charge in [-0.1, -0.05) is 51.1 Å². The largest absolute Gasteiger partial charge is 0.474 e. The van der Waals surface area contributed by atoms with Crippen LogP contribution in [0.1, 0.15) is 48.8 Å². The van der Waals surface area contributed by atoms with Gasteiger partial charge in [-0.25, -0.2) is 9.98 Å². The van der Waals surface area contributed by atoms with E-state index in [4.69, 9.17) is 14.7 Å². The lowest BCUT2D eigenvalue weighted by Gasteiger charge is -2.21. The van der Waals surface area contributed by atoms with Gasteiger partial charge in [0.2, 0.25) is 5.90 Å². The minimum absolute atomic E-state index is 0.113. The summed E-state index contributed by atoms with van der Waals surface area (Å²) in [6.45, 7) is 7.30. The molecule has 2 aliphatic carbocycles. The van der Waals surface area contributed by atoms with Gasteiger partial charge >= 0.3 is 0 Å². The van der Waals surface area contributed by atoms with Crippen LogP contribution in [0.3, 0.4) is 0 Å². The van der Waals surface area contributed by atoms with E-state index < -0.39 is 0 Å². The van der Waals surface area contributed by atoms with Crippen LogP contribution in [0.25, 0.3) is 0 Å². The van der Waals surface area contributed by atoms with E-state index >= 15 is 0 Å². The molecule has 5 aliphatic rings. The lowest BCUT2D eigenvalue weighted by atomic mass is 9.88. The van der Waals surface area contributed by atoms with Crippen molar-refractivity contribution in [1.29, 1.82) is 0 Å². The summed E-state index contributed by atoms with van der Waals surface area (Å²) in [5, 5.41) is 0. The number of hydrogen-bond donors (Lipinski definition) is 0. The summed E-state index contributed by atoms with van der Waals surface area (Å²) in [6, 6.07) is 13.6. The van der Waals surface area contributed by atoms with E-state index in [0.717, 1.165) is 43.0 Å². The molecule has 4 bridgehead atoms. The third-order valence-electron chi connectivity index (χ3n) is 5.27. The van der Waals surface area contributed by atoms with E-state index in [1.807, 2.05) is 0 Å². The van der Waals surface area contributed by atoms with Crippen molar-refractivity contribution >= 4 is 5.90 Å². The molecule has 4 heterocycles. The van der Waals surface area contributed by atoms with Crippen LogP contribution < -0.4 is 0 Å². The first-order valence-electron chi connectivity index (χ1n) is 9.27. The topological polar surface area (TPSA) is 34.5 Å². The zero-order chi connectivity index (χ0) is 17.4. The quantitative estimate of drug-likeness (QED) is 0.785. The van der Waals surface area contributed by atoms with Gasteiger partial charge in [-0.05, 0) is 53.9 Å². The molecule has 25 heavy (non-hydrogen) atoms. The average molecular weight is 334 g/mol. The van der Waals surface area contributed by atoms with E-state index in [2.05, 4.69) is 57.2 Å². The number of pyridine rings is 1. The molecule has 0 spiro atoms. The Bertz CT molecular complexity index is 800. The van der Waals surface area contributed by atoms with Gasteiger partial charge in [0.1, 0.15) is 12.3 Å². The van der Waals surface area contributed by atoms with Gasteiger partial charge in [0.05, 0.1) is 6.04 Å².